The molecule has 0 unspecified atom stereocenters. The molecule has 1 amide bonds. The lowest BCUT2D eigenvalue weighted by molar-refractivity contribution is 0.101. The van der Waals surface area contributed by atoms with Crippen LogP contribution in [0.2, 0.25) is 0 Å². The molecule has 4 rings (SSSR count). The highest BCUT2D eigenvalue weighted by Gasteiger charge is 2.20. The van der Waals surface area contributed by atoms with E-state index in [0.717, 1.165) is 34.6 Å². The number of nitrogens with one attached hydrogen (secondary N) is 1. The fourth-order valence-electron chi connectivity index (χ4n) is 3.13. The molecule has 27 heavy (non-hydrogen) atoms. The third kappa shape index (κ3) is 3.65. The van der Waals surface area contributed by atoms with E-state index in [4.69, 9.17) is 4.74 Å². The fourth-order valence-corrected chi connectivity index (χ4v) is 3.49. The van der Waals surface area contributed by atoms with Crippen LogP contribution in [-0.4, -0.2) is 51.8 Å². The van der Waals surface area contributed by atoms with Crippen LogP contribution in [-0.2, 0) is 4.74 Å². The molecule has 0 bridgehead atoms. The number of ether oxygens (including phenoxy) is 1. The first-order valence-corrected chi connectivity index (χ1v) is 9.45. The van der Waals surface area contributed by atoms with Gasteiger partial charge in [0, 0.05) is 29.0 Å². The molecule has 1 saturated heterocycles. The maximum Gasteiger partial charge on any atom is 0.295 e. The van der Waals surface area contributed by atoms with Crippen molar-refractivity contribution in [2.45, 2.75) is 13.8 Å². The number of aryl methyl sites for hydroxylation is 2. The molecule has 0 spiro atoms. The number of anilines is 2. The van der Waals surface area contributed by atoms with Crippen molar-refractivity contribution >= 4 is 39.0 Å². The van der Waals surface area contributed by atoms with Crippen LogP contribution < -0.4 is 10.2 Å². The minimum absolute atomic E-state index is 0.0871. The Kier molecular flexibility index (Phi) is 4.79. The average Bonchev–Trinajstić information content (AvgIpc) is 3.07. The first-order chi connectivity index (χ1) is 13.0. The lowest BCUT2D eigenvalue weighted by Crippen LogP contribution is -2.36. The van der Waals surface area contributed by atoms with Gasteiger partial charge < -0.3 is 15.0 Å². The lowest BCUT2D eigenvalue weighted by atomic mass is 10.2. The van der Waals surface area contributed by atoms with Gasteiger partial charge in [-0.15, -0.1) is 5.10 Å². The van der Waals surface area contributed by atoms with Gasteiger partial charge in [0.25, 0.3) is 11.7 Å². The Morgan fingerprint density at radius 3 is 2.74 bits per heavy atom. The quantitative estimate of drug-likeness (QED) is 0.687. The van der Waals surface area contributed by atoms with Crippen LogP contribution in [0.5, 0.6) is 0 Å². The number of halogens is 1. The zero-order chi connectivity index (χ0) is 19.0. The van der Waals surface area contributed by atoms with Crippen molar-refractivity contribution in [1.82, 2.24) is 19.6 Å². The number of nitrogens with zero attached hydrogens (tertiary/aromatic N) is 5. The number of benzene rings is 1. The molecule has 140 valence electrons. The molecule has 1 aromatic carbocycles. The highest BCUT2D eigenvalue weighted by atomic mass is 79.9. The van der Waals surface area contributed by atoms with Gasteiger partial charge in [-0.25, -0.2) is 9.50 Å². The van der Waals surface area contributed by atoms with E-state index in [1.54, 1.807) is 4.52 Å². The number of amides is 1. The minimum atomic E-state index is -0.370. The summed E-state index contributed by atoms with van der Waals surface area (Å²) in [6, 6.07) is 7.72. The number of carbonyl (C=O) groups is 1. The second kappa shape index (κ2) is 7.24. The average molecular weight is 431 g/mol. The summed E-state index contributed by atoms with van der Waals surface area (Å²) in [5, 5.41) is 7.24. The second-order valence-electron chi connectivity index (χ2n) is 6.40. The van der Waals surface area contributed by atoms with E-state index in [2.05, 4.69) is 41.2 Å². The summed E-state index contributed by atoms with van der Waals surface area (Å²) in [6.07, 6.45) is 0. The molecule has 1 fully saturated rings. The van der Waals surface area contributed by atoms with Crippen molar-refractivity contribution in [2.24, 2.45) is 0 Å². The van der Waals surface area contributed by atoms with E-state index in [-0.39, 0.29) is 11.7 Å². The number of morpholine rings is 1. The third-order valence-corrected chi connectivity index (χ3v) is 4.87. The first-order valence-electron chi connectivity index (χ1n) is 8.66. The van der Waals surface area contributed by atoms with Gasteiger partial charge in [0.2, 0.25) is 5.82 Å². The molecular weight excluding hydrogens is 412 g/mol. The lowest BCUT2D eigenvalue weighted by Gasteiger charge is -2.30. The van der Waals surface area contributed by atoms with Crippen molar-refractivity contribution in [3.63, 3.8) is 0 Å². The third-order valence-electron chi connectivity index (χ3n) is 4.38. The molecule has 0 radical (unpaired) electrons. The Morgan fingerprint density at radius 2 is 1.96 bits per heavy atom. The van der Waals surface area contributed by atoms with Crippen LogP contribution >= 0.6 is 15.9 Å². The molecule has 9 heteroatoms. The molecule has 0 atom stereocenters. The van der Waals surface area contributed by atoms with Gasteiger partial charge in [0.05, 0.1) is 24.6 Å². The summed E-state index contributed by atoms with van der Waals surface area (Å²) in [6.45, 7) is 6.68. The van der Waals surface area contributed by atoms with Crippen molar-refractivity contribution in [3.05, 3.63) is 46.0 Å². The van der Waals surface area contributed by atoms with E-state index < -0.39 is 0 Å². The Hall–Kier alpha value is -2.52. The van der Waals surface area contributed by atoms with Crippen LogP contribution in [0.1, 0.15) is 22.0 Å². The standard InChI is InChI=1S/C18H19BrN6O2/c1-11-9-12(2)25-18(20-11)22-16(23-25)17(26)21-14-10-13(19)3-4-15(14)24-5-7-27-8-6-24/h3-4,9-10H,5-8H2,1-2H3,(H,21,26). The van der Waals surface area contributed by atoms with Crippen LogP contribution in [0.4, 0.5) is 11.4 Å². The predicted octanol–water partition coefficient (Wildman–Crippen LogP) is 2.59. The fraction of sp³-hybridized carbons (Fsp3) is 0.333. The van der Waals surface area contributed by atoms with Crippen molar-refractivity contribution in [3.8, 4) is 0 Å². The molecule has 8 nitrogen and oxygen atoms in total. The number of carbonyl (C=O) groups excluding carboxylic acids is 1. The van der Waals surface area contributed by atoms with Crippen LogP contribution in [0.25, 0.3) is 5.78 Å². The van der Waals surface area contributed by atoms with Crippen LogP contribution in [0.3, 0.4) is 0 Å². The van der Waals surface area contributed by atoms with E-state index in [1.165, 1.54) is 0 Å². The molecule has 1 aliphatic rings. The summed E-state index contributed by atoms with van der Waals surface area (Å²) in [5.74, 6) is 0.134. The molecule has 1 N–H and O–H groups in total. The highest BCUT2D eigenvalue weighted by Crippen LogP contribution is 2.30. The predicted molar refractivity (Wildman–Crippen MR) is 105 cm³/mol. The van der Waals surface area contributed by atoms with Gasteiger partial charge in [-0.1, -0.05) is 15.9 Å². The zero-order valence-electron chi connectivity index (χ0n) is 15.1. The van der Waals surface area contributed by atoms with Crippen molar-refractivity contribution < 1.29 is 9.53 Å². The highest BCUT2D eigenvalue weighted by molar-refractivity contribution is 9.10. The summed E-state index contributed by atoms with van der Waals surface area (Å²) < 4.78 is 7.88. The minimum Gasteiger partial charge on any atom is -0.378 e. The van der Waals surface area contributed by atoms with E-state index in [0.29, 0.717) is 24.7 Å². The van der Waals surface area contributed by atoms with Crippen LogP contribution in [0.15, 0.2) is 28.7 Å². The van der Waals surface area contributed by atoms with E-state index in [9.17, 15) is 4.79 Å². The summed E-state index contributed by atoms with van der Waals surface area (Å²) >= 11 is 3.47. The maximum atomic E-state index is 12.8. The molecule has 1 aliphatic heterocycles. The normalized spacial score (nSPS) is 14.6. The number of aromatic nitrogens is 4. The number of hydrogen-bond acceptors (Lipinski definition) is 6. The summed E-state index contributed by atoms with van der Waals surface area (Å²) in [4.78, 5) is 23.6. The van der Waals surface area contributed by atoms with Crippen molar-refractivity contribution in [1.29, 1.82) is 0 Å². The van der Waals surface area contributed by atoms with Gasteiger partial charge in [0.15, 0.2) is 0 Å². The zero-order valence-corrected chi connectivity index (χ0v) is 16.7. The summed E-state index contributed by atoms with van der Waals surface area (Å²) in [5.41, 5.74) is 3.36. The Balaban J connectivity index is 1.64. The van der Waals surface area contributed by atoms with Crippen LogP contribution in [0, 0.1) is 13.8 Å². The van der Waals surface area contributed by atoms with Gasteiger partial charge in [-0.2, -0.15) is 4.98 Å². The Morgan fingerprint density at radius 1 is 1.19 bits per heavy atom. The SMILES string of the molecule is Cc1cc(C)n2nc(C(=O)Nc3cc(Br)ccc3N3CCOCC3)nc2n1. The molecule has 3 aromatic rings. The van der Waals surface area contributed by atoms with E-state index >= 15 is 0 Å². The number of rotatable bonds is 3. The molecule has 0 saturated carbocycles. The largest absolute Gasteiger partial charge is 0.378 e. The van der Waals surface area contributed by atoms with Crippen molar-refractivity contribution in [2.75, 3.05) is 36.5 Å². The maximum absolute atomic E-state index is 12.8. The topological polar surface area (TPSA) is 84.7 Å². The molecular formula is C18H19BrN6O2. The monoisotopic (exact) mass is 430 g/mol. The van der Waals surface area contributed by atoms with Gasteiger partial charge in [-0.05, 0) is 38.1 Å². The summed E-state index contributed by atoms with van der Waals surface area (Å²) in [7, 11) is 0. The molecule has 3 heterocycles. The Bertz CT molecular complexity index is 1010. The smallest absolute Gasteiger partial charge is 0.295 e. The van der Waals surface area contributed by atoms with E-state index in [1.807, 2.05) is 38.1 Å². The van der Waals surface area contributed by atoms with Gasteiger partial charge in [-0.3, -0.25) is 4.79 Å². The van der Waals surface area contributed by atoms with Gasteiger partial charge in [0.1, 0.15) is 0 Å². The molecule has 2 aromatic heterocycles. The Labute approximate surface area is 164 Å². The second-order valence-corrected chi connectivity index (χ2v) is 7.32. The molecule has 0 aliphatic carbocycles. The van der Waals surface area contributed by atoms with Gasteiger partial charge >= 0.3 is 0 Å². The first kappa shape index (κ1) is 17.9. The number of hydrogen-bond donors (Lipinski definition) is 1. The number of fused-ring (bicyclic) bond motifs is 1.